The standard InChI is InChI=1S/C7H4ClF3O5S2/c1-15-6(12)5-4(16-18(8,13)14)3(2-17-5)7(9,10)11/h2H,1H3. The first-order valence-electron chi connectivity index (χ1n) is 3.97. The van der Waals surface area contributed by atoms with Crippen LogP contribution in [0.3, 0.4) is 0 Å². The summed E-state index contributed by atoms with van der Waals surface area (Å²) in [5.74, 6) is -2.35. The van der Waals surface area contributed by atoms with Gasteiger partial charge in [-0.1, -0.05) is 0 Å². The number of ether oxygens (including phenoxy) is 1. The van der Waals surface area contributed by atoms with Crippen molar-refractivity contribution in [1.82, 2.24) is 0 Å². The molecule has 11 heteroatoms. The van der Waals surface area contributed by atoms with E-state index in [1.807, 2.05) is 0 Å². The molecule has 1 aromatic heterocycles. The maximum atomic E-state index is 12.5. The molecule has 0 atom stereocenters. The van der Waals surface area contributed by atoms with Crippen LogP contribution in [-0.2, 0) is 20.2 Å². The molecule has 0 aliphatic rings. The van der Waals surface area contributed by atoms with E-state index in [0.29, 0.717) is 16.7 Å². The molecule has 102 valence electrons. The van der Waals surface area contributed by atoms with Crippen LogP contribution in [0.5, 0.6) is 5.75 Å². The number of rotatable bonds is 3. The zero-order chi connectivity index (χ0) is 14.1. The van der Waals surface area contributed by atoms with Crippen molar-refractivity contribution in [2.24, 2.45) is 0 Å². The Kier molecular flexibility index (Phi) is 4.13. The summed E-state index contributed by atoms with van der Waals surface area (Å²) in [6, 6.07) is 0. The summed E-state index contributed by atoms with van der Waals surface area (Å²) in [5.41, 5.74) is -1.42. The third-order valence-corrected chi connectivity index (χ3v) is 3.10. The highest BCUT2D eigenvalue weighted by atomic mass is 35.7. The van der Waals surface area contributed by atoms with Crippen molar-refractivity contribution in [3.63, 3.8) is 0 Å². The lowest BCUT2D eigenvalue weighted by atomic mass is 10.2. The van der Waals surface area contributed by atoms with Gasteiger partial charge in [-0.2, -0.15) is 21.6 Å². The van der Waals surface area contributed by atoms with Crippen LogP contribution >= 0.6 is 22.0 Å². The van der Waals surface area contributed by atoms with Gasteiger partial charge < -0.3 is 8.92 Å². The fourth-order valence-corrected chi connectivity index (χ4v) is 2.49. The minimum Gasteiger partial charge on any atom is -0.465 e. The molecule has 1 aromatic rings. The van der Waals surface area contributed by atoms with E-state index in [0.717, 1.165) is 7.11 Å². The van der Waals surface area contributed by atoms with Gasteiger partial charge in [-0.25, -0.2) is 4.79 Å². The maximum Gasteiger partial charge on any atom is 0.420 e. The molecule has 0 spiro atoms. The van der Waals surface area contributed by atoms with E-state index in [1.54, 1.807) is 0 Å². The molecule has 1 heterocycles. The van der Waals surface area contributed by atoms with Crippen LogP contribution in [0, 0.1) is 0 Å². The topological polar surface area (TPSA) is 69.7 Å². The molecule has 0 fully saturated rings. The number of carbonyl (C=O) groups excluding carboxylic acids is 1. The monoisotopic (exact) mass is 324 g/mol. The van der Waals surface area contributed by atoms with Crippen molar-refractivity contribution in [2.45, 2.75) is 6.18 Å². The molecule has 1 rings (SSSR count). The van der Waals surface area contributed by atoms with Gasteiger partial charge in [0.15, 0.2) is 10.6 Å². The van der Waals surface area contributed by atoms with Gasteiger partial charge in [-0.3, -0.25) is 0 Å². The maximum absolute atomic E-state index is 12.5. The molecular weight excluding hydrogens is 321 g/mol. The fourth-order valence-electron chi connectivity index (χ4n) is 0.959. The van der Waals surface area contributed by atoms with Gasteiger partial charge in [-0.05, 0) is 0 Å². The average molecular weight is 325 g/mol. The second kappa shape index (κ2) is 4.94. The molecule has 0 amide bonds. The lowest BCUT2D eigenvalue weighted by Crippen LogP contribution is -2.11. The van der Waals surface area contributed by atoms with Crippen LogP contribution in [0.15, 0.2) is 5.38 Å². The zero-order valence-electron chi connectivity index (χ0n) is 8.45. The van der Waals surface area contributed by atoms with Crippen LogP contribution in [0.25, 0.3) is 0 Å². The number of hydrogen-bond acceptors (Lipinski definition) is 6. The van der Waals surface area contributed by atoms with Crippen LogP contribution < -0.4 is 4.18 Å². The highest BCUT2D eigenvalue weighted by Crippen LogP contribution is 2.43. The first-order chi connectivity index (χ1) is 8.06. The number of methoxy groups -OCH3 is 1. The molecule has 5 nitrogen and oxygen atoms in total. The molecule has 18 heavy (non-hydrogen) atoms. The first kappa shape index (κ1) is 15.1. The number of hydrogen-bond donors (Lipinski definition) is 0. The molecule has 0 aromatic carbocycles. The SMILES string of the molecule is COC(=O)c1scc(C(F)(F)F)c1OS(=O)(=O)Cl. The van der Waals surface area contributed by atoms with E-state index in [9.17, 15) is 26.4 Å². The molecule has 0 aliphatic heterocycles. The van der Waals surface area contributed by atoms with E-state index < -0.39 is 37.7 Å². The smallest absolute Gasteiger partial charge is 0.420 e. The third kappa shape index (κ3) is 3.50. The number of carbonyl (C=O) groups is 1. The minimum absolute atomic E-state index is 0.334. The Balaban J connectivity index is 3.40. The van der Waals surface area contributed by atoms with Gasteiger partial charge in [0.2, 0.25) is 0 Å². The molecular formula is C7H4ClF3O5S2. The first-order valence-corrected chi connectivity index (χ1v) is 7.08. The molecule has 0 radical (unpaired) electrons. The zero-order valence-corrected chi connectivity index (χ0v) is 10.8. The van der Waals surface area contributed by atoms with Crippen molar-refractivity contribution in [3.8, 4) is 5.75 Å². The van der Waals surface area contributed by atoms with Gasteiger partial charge in [-0.15, -0.1) is 11.3 Å². The normalized spacial score (nSPS) is 12.3. The van der Waals surface area contributed by atoms with E-state index >= 15 is 0 Å². The van der Waals surface area contributed by atoms with Gasteiger partial charge in [0.05, 0.1) is 17.8 Å². The summed E-state index contributed by atoms with van der Waals surface area (Å²) in [4.78, 5) is 10.5. The van der Waals surface area contributed by atoms with Gasteiger partial charge in [0.25, 0.3) is 0 Å². The molecule has 0 unspecified atom stereocenters. The lowest BCUT2D eigenvalue weighted by Gasteiger charge is -2.08. The Morgan fingerprint density at radius 1 is 1.44 bits per heavy atom. The van der Waals surface area contributed by atoms with Crippen molar-refractivity contribution in [3.05, 3.63) is 15.8 Å². The Morgan fingerprint density at radius 3 is 2.39 bits per heavy atom. The van der Waals surface area contributed by atoms with E-state index in [-0.39, 0.29) is 0 Å². The highest BCUT2D eigenvalue weighted by Gasteiger charge is 2.40. The lowest BCUT2D eigenvalue weighted by molar-refractivity contribution is -0.138. The van der Waals surface area contributed by atoms with Crippen molar-refractivity contribution >= 4 is 37.3 Å². The Hall–Kier alpha value is -1.00. The number of alkyl halides is 3. The number of esters is 1. The van der Waals surface area contributed by atoms with Crippen molar-refractivity contribution < 1.29 is 35.3 Å². The average Bonchev–Trinajstić information content (AvgIpc) is 2.57. The largest absolute Gasteiger partial charge is 0.465 e. The van der Waals surface area contributed by atoms with Crippen LogP contribution in [0.4, 0.5) is 13.2 Å². The van der Waals surface area contributed by atoms with Gasteiger partial charge >= 0.3 is 21.5 Å². The van der Waals surface area contributed by atoms with Crippen LogP contribution in [-0.4, -0.2) is 21.5 Å². The summed E-state index contributed by atoms with van der Waals surface area (Å²) in [5, 5.41) is 0.531. The van der Waals surface area contributed by atoms with E-state index in [4.69, 9.17) is 10.7 Å². The third-order valence-electron chi connectivity index (χ3n) is 1.60. The Morgan fingerprint density at radius 2 is 2.00 bits per heavy atom. The van der Waals surface area contributed by atoms with Crippen LogP contribution in [0.2, 0.25) is 0 Å². The summed E-state index contributed by atoms with van der Waals surface area (Å²) < 4.78 is 67.1. The predicted octanol–water partition coefficient (Wildman–Crippen LogP) is 2.42. The minimum atomic E-state index is -4.89. The Labute approximate surface area is 108 Å². The number of halogens is 4. The second-order valence-corrected chi connectivity index (χ2v) is 5.74. The van der Waals surface area contributed by atoms with Gasteiger partial charge in [0, 0.05) is 5.38 Å². The molecule has 0 aliphatic carbocycles. The molecule has 0 saturated heterocycles. The van der Waals surface area contributed by atoms with E-state index in [1.165, 1.54) is 0 Å². The summed E-state index contributed by atoms with van der Waals surface area (Å²) in [6.45, 7) is 0. The summed E-state index contributed by atoms with van der Waals surface area (Å²) in [6.07, 6.45) is -4.89. The fraction of sp³-hybridized carbons (Fsp3) is 0.286. The second-order valence-electron chi connectivity index (χ2n) is 2.77. The Bertz CT molecular complexity index is 562. The quantitative estimate of drug-likeness (QED) is 0.631. The molecule has 0 N–H and O–H groups in total. The highest BCUT2D eigenvalue weighted by molar-refractivity contribution is 8.10. The number of thiophene rings is 1. The van der Waals surface area contributed by atoms with Crippen LogP contribution in [0.1, 0.15) is 15.2 Å². The van der Waals surface area contributed by atoms with E-state index in [2.05, 4.69) is 8.92 Å². The molecule has 0 saturated carbocycles. The summed E-state index contributed by atoms with van der Waals surface area (Å²) >= 11 is 0.334. The van der Waals surface area contributed by atoms with Crippen molar-refractivity contribution in [2.75, 3.05) is 7.11 Å². The summed E-state index contributed by atoms with van der Waals surface area (Å²) in [7, 11) is 0.904. The van der Waals surface area contributed by atoms with Gasteiger partial charge in [0.1, 0.15) is 5.56 Å². The molecule has 0 bridgehead atoms. The predicted molar refractivity (Wildman–Crippen MR) is 56.1 cm³/mol. The van der Waals surface area contributed by atoms with Crippen molar-refractivity contribution in [1.29, 1.82) is 0 Å².